The van der Waals surface area contributed by atoms with Crippen molar-refractivity contribution in [1.82, 2.24) is 24.1 Å². The molecule has 0 amide bonds. The van der Waals surface area contributed by atoms with E-state index in [0.717, 1.165) is 85.0 Å². The van der Waals surface area contributed by atoms with Gasteiger partial charge in [0.05, 0.1) is 16.6 Å². The minimum Gasteiger partial charge on any atom is -0.455 e. The second kappa shape index (κ2) is 14.1. The zero-order chi connectivity index (χ0) is 41.4. The lowest BCUT2D eigenvalue weighted by Gasteiger charge is -2.12. The molecule has 0 saturated carbocycles. The second-order valence-electron chi connectivity index (χ2n) is 16.3. The van der Waals surface area contributed by atoms with Gasteiger partial charge in [0, 0.05) is 71.1 Å². The van der Waals surface area contributed by atoms with Crippen LogP contribution in [0.15, 0.2) is 192 Å². The van der Waals surface area contributed by atoms with Gasteiger partial charge >= 0.3 is 0 Å². The molecule has 6 heteroatoms. The van der Waals surface area contributed by atoms with Crippen LogP contribution in [0.2, 0.25) is 0 Å². The summed E-state index contributed by atoms with van der Waals surface area (Å²) in [5, 5.41) is 8.49. The molecule has 6 nitrogen and oxygen atoms in total. The van der Waals surface area contributed by atoms with Gasteiger partial charge < -0.3 is 13.6 Å². The molecule has 0 atom stereocenters. The van der Waals surface area contributed by atoms with Crippen LogP contribution in [0, 0.1) is 0 Å². The molecule has 1 aliphatic carbocycles. The molecule has 0 spiro atoms. The Morgan fingerprint density at radius 2 is 0.952 bits per heavy atom. The van der Waals surface area contributed by atoms with Crippen molar-refractivity contribution < 1.29 is 4.42 Å². The minimum absolute atomic E-state index is 0.635. The average molecular weight is 808 g/mol. The van der Waals surface area contributed by atoms with Gasteiger partial charge in [0.25, 0.3) is 0 Å². The zero-order valence-corrected chi connectivity index (χ0v) is 34.1. The number of aromatic nitrogens is 5. The van der Waals surface area contributed by atoms with Gasteiger partial charge in [0.1, 0.15) is 11.2 Å². The van der Waals surface area contributed by atoms with Crippen molar-refractivity contribution >= 4 is 66.8 Å². The Morgan fingerprint density at radius 1 is 0.381 bits per heavy atom. The fourth-order valence-electron chi connectivity index (χ4n) is 9.69. The van der Waals surface area contributed by atoms with E-state index in [1.54, 1.807) is 0 Å². The van der Waals surface area contributed by atoms with Crippen molar-refractivity contribution in [3.05, 3.63) is 199 Å². The van der Waals surface area contributed by atoms with E-state index in [1.807, 2.05) is 66.7 Å². The van der Waals surface area contributed by atoms with Crippen molar-refractivity contribution in [2.45, 2.75) is 12.8 Å². The Labute approximate surface area is 362 Å². The topological polar surface area (TPSA) is 61.7 Å². The SMILES string of the molecule is C1=c2c(n(-c3ccc4c(c3)c3ccccc3n4-c3ccc(-c4nc(-c5ccccc5)nc(-c5ccccc5)n4)cc3)c3ccc(-c4cccc5c4oc4ccccc45)cc23)=CCC1. The van der Waals surface area contributed by atoms with Crippen LogP contribution in [0.25, 0.3) is 123 Å². The highest BCUT2D eigenvalue weighted by atomic mass is 16.3. The standard InChI is InChI=1S/C57H37N5O/c1-3-14-36(15-4-1)55-58-56(37-16-5-2-6-17-37)60-57(59-55)38-26-29-40(30-27-38)61-49-23-10-8-19-44(49)48-35-41(31-33-52(48)61)62-50-24-11-7-18-43(50)47-34-39(28-32-51(47)62)42-21-13-22-46-45-20-9-12-25-53(45)63-54(42)46/h1-6,8-10,12-35H,7,11H2. The summed E-state index contributed by atoms with van der Waals surface area (Å²) in [6.07, 6.45) is 6.85. The third-order valence-electron chi connectivity index (χ3n) is 12.6. The summed E-state index contributed by atoms with van der Waals surface area (Å²) in [6.45, 7) is 0. The molecule has 296 valence electrons. The molecule has 0 aliphatic heterocycles. The third kappa shape index (κ3) is 5.69. The number of rotatable bonds is 6. The van der Waals surface area contributed by atoms with Gasteiger partial charge in [0.15, 0.2) is 17.5 Å². The lowest BCUT2D eigenvalue weighted by Crippen LogP contribution is -2.30. The van der Waals surface area contributed by atoms with Gasteiger partial charge in [-0.3, -0.25) is 0 Å². The maximum Gasteiger partial charge on any atom is 0.164 e. The summed E-state index contributed by atoms with van der Waals surface area (Å²) >= 11 is 0. The Hall–Kier alpha value is -8.35. The monoisotopic (exact) mass is 807 g/mol. The number of hydrogen-bond acceptors (Lipinski definition) is 4. The van der Waals surface area contributed by atoms with Crippen LogP contribution in [0.1, 0.15) is 12.8 Å². The number of para-hydroxylation sites is 3. The Bertz CT molecular complexity index is 3840. The highest BCUT2D eigenvalue weighted by Gasteiger charge is 2.19. The van der Waals surface area contributed by atoms with Crippen molar-refractivity contribution in [3.63, 3.8) is 0 Å². The molecule has 0 unspecified atom stereocenters. The maximum absolute atomic E-state index is 6.48. The highest BCUT2D eigenvalue weighted by molar-refractivity contribution is 6.11. The second-order valence-corrected chi connectivity index (χ2v) is 16.3. The molecule has 0 radical (unpaired) electrons. The van der Waals surface area contributed by atoms with Crippen molar-refractivity contribution in [2.75, 3.05) is 0 Å². The molecule has 4 heterocycles. The fourth-order valence-corrected chi connectivity index (χ4v) is 9.69. The van der Waals surface area contributed by atoms with E-state index in [9.17, 15) is 0 Å². The number of nitrogens with zero attached hydrogens (tertiary/aromatic N) is 5. The molecule has 8 aromatic carbocycles. The molecule has 0 saturated heterocycles. The summed E-state index contributed by atoms with van der Waals surface area (Å²) < 4.78 is 11.3. The number of benzene rings is 8. The molecule has 1 aliphatic rings. The summed E-state index contributed by atoms with van der Waals surface area (Å²) in [7, 11) is 0. The van der Waals surface area contributed by atoms with Crippen LogP contribution >= 0.6 is 0 Å². The Kier molecular flexibility index (Phi) is 7.93. The van der Waals surface area contributed by atoms with E-state index in [1.165, 1.54) is 32.2 Å². The van der Waals surface area contributed by atoms with Gasteiger partial charge in [-0.25, -0.2) is 15.0 Å². The largest absolute Gasteiger partial charge is 0.455 e. The Balaban J connectivity index is 0.925. The fraction of sp³-hybridized carbons (Fsp3) is 0.0351. The van der Waals surface area contributed by atoms with E-state index in [0.29, 0.717) is 17.5 Å². The minimum atomic E-state index is 0.635. The first kappa shape index (κ1) is 35.4. The summed E-state index contributed by atoms with van der Waals surface area (Å²) in [6, 6.07) is 66.1. The molecule has 0 N–H and O–H groups in total. The smallest absolute Gasteiger partial charge is 0.164 e. The van der Waals surface area contributed by atoms with Crippen molar-refractivity contribution in [3.8, 4) is 56.7 Å². The van der Waals surface area contributed by atoms with Crippen LogP contribution in [0.5, 0.6) is 0 Å². The van der Waals surface area contributed by atoms with Gasteiger partial charge in [-0.1, -0.05) is 133 Å². The number of fused-ring (bicyclic) bond motifs is 9. The van der Waals surface area contributed by atoms with Gasteiger partial charge in [-0.2, -0.15) is 0 Å². The summed E-state index contributed by atoms with van der Waals surface area (Å²) in [5.41, 5.74) is 12.6. The third-order valence-corrected chi connectivity index (χ3v) is 12.6. The van der Waals surface area contributed by atoms with Gasteiger partial charge in [-0.05, 0) is 85.1 Å². The summed E-state index contributed by atoms with van der Waals surface area (Å²) in [4.78, 5) is 14.8. The molecule has 12 aromatic rings. The van der Waals surface area contributed by atoms with Crippen molar-refractivity contribution in [1.29, 1.82) is 0 Å². The average Bonchev–Trinajstić information content (AvgIpc) is 4.02. The predicted octanol–water partition coefficient (Wildman–Crippen LogP) is 12.8. The first-order valence-electron chi connectivity index (χ1n) is 21.5. The molecular weight excluding hydrogens is 771 g/mol. The van der Waals surface area contributed by atoms with Crippen LogP contribution < -0.4 is 10.6 Å². The van der Waals surface area contributed by atoms with E-state index < -0.39 is 0 Å². The van der Waals surface area contributed by atoms with Gasteiger partial charge in [-0.15, -0.1) is 0 Å². The molecule has 0 bridgehead atoms. The van der Waals surface area contributed by atoms with E-state index in [4.69, 9.17) is 19.4 Å². The highest BCUT2D eigenvalue weighted by Crippen LogP contribution is 2.38. The maximum atomic E-state index is 6.48. The van der Waals surface area contributed by atoms with Crippen LogP contribution in [-0.2, 0) is 0 Å². The summed E-state index contributed by atoms with van der Waals surface area (Å²) in [5.74, 6) is 1.93. The molecule has 13 rings (SSSR count). The molecule has 0 fully saturated rings. The zero-order valence-electron chi connectivity index (χ0n) is 34.1. The Morgan fingerprint density at radius 3 is 1.71 bits per heavy atom. The quantitative estimate of drug-likeness (QED) is 0.168. The van der Waals surface area contributed by atoms with Crippen LogP contribution in [0.3, 0.4) is 0 Å². The first-order chi connectivity index (χ1) is 31.2. The van der Waals surface area contributed by atoms with Crippen LogP contribution in [0.4, 0.5) is 0 Å². The molecular formula is C57H37N5O. The van der Waals surface area contributed by atoms with Crippen LogP contribution in [-0.4, -0.2) is 24.1 Å². The number of furan rings is 1. The van der Waals surface area contributed by atoms with E-state index in [-0.39, 0.29) is 0 Å². The van der Waals surface area contributed by atoms with Gasteiger partial charge in [0.2, 0.25) is 0 Å². The van der Waals surface area contributed by atoms with E-state index in [2.05, 4.69) is 143 Å². The first-order valence-corrected chi connectivity index (χ1v) is 21.5. The predicted molar refractivity (Wildman–Crippen MR) is 257 cm³/mol. The van der Waals surface area contributed by atoms with Crippen molar-refractivity contribution in [2.24, 2.45) is 0 Å². The normalized spacial score (nSPS) is 12.6. The van der Waals surface area contributed by atoms with E-state index >= 15 is 0 Å². The molecule has 63 heavy (non-hydrogen) atoms. The lowest BCUT2D eigenvalue weighted by molar-refractivity contribution is 0.670. The number of hydrogen-bond donors (Lipinski definition) is 0. The molecule has 4 aromatic heterocycles. The lowest BCUT2D eigenvalue weighted by atomic mass is 10.0.